The van der Waals surface area contributed by atoms with Crippen molar-refractivity contribution in [2.75, 3.05) is 44.4 Å². The largest absolute Gasteiger partial charge is 0.373 e. The fraction of sp³-hybridized carbons (Fsp3) is 0.368. The molecule has 0 fully saturated rings. The van der Waals surface area contributed by atoms with E-state index in [1.807, 2.05) is 33.3 Å². The fourth-order valence-corrected chi connectivity index (χ4v) is 3.34. The molecule has 142 valence electrons. The molecule has 0 radical (unpaired) electrons. The van der Waals surface area contributed by atoms with Crippen molar-refractivity contribution in [3.63, 3.8) is 0 Å². The number of benzene rings is 2. The minimum Gasteiger partial charge on any atom is -0.373 e. The van der Waals surface area contributed by atoms with Gasteiger partial charge in [-0.15, -0.1) is 0 Å². The highest BCUT2D eigenvalue weighted by Crippen LogP contribution is 2.32. The smallest absolute Gasteiger partial charge is 0.153 e. The maximum Gasteiger partial charge on any atom is 0.153 e. The SMILES string of the molecule is CN(C)CCCN(C)c1ccc(Cl)cc1NC(O)c1cc(I)ccc1F. The first-order chi connectivity index (χ1) is 12.3. The van der Waals surface area contributed by atoms with Crippen LogP contribution >= 0.6 is 34.2 Å². The molecule has 2 rings (SSSR count). The normalized spacial score (nSPS) is 12.3. The Morgan fingerprint density at radius 1 is 1.15 bits per heavy atom. The molecule has 0 spiro atoms. The molecule has 0 saturated carbocycles. The van der Waals surface area contributed by atoms with Crippen LogP contribution in [0.2, 0.25) is 5.02 Å². The maximum atomic E-state index is 14.1. The summed E-state index contributed by atoms with van der Waals surface area (Å²) in [6.07, 6.45) is -0.170. The molecule has 1 atom stereocenters. The van der Waals surface area contributed by atoms with Crippen LogP contribution in [0.3, 0.4) is 0 Å². The van der Waals surface area contributed by atoms with Crippen LogP contribution in [0, 0.1) is 9.39 Å². The summed E-state index contributed by atoms with van der Waals surface area (Å²) in [6, 6.07) is 10.1. The molecule has 0 bridgehead atoms. The maximum absolute atomic E-state index is 14.1. The molecule has 7 heteroatoms. The minimum atomic E-state index is -1.17. The van der Waals surface area contributed by atoms with Gasteiger partial charge in [0.15, 0.2) is 6.23 Å². The highest BCUT2D eigenvalue weighted by Gasteiger charge is 2.16. The lowest BCUT2D eigenvalue weighted by Crippen LogP contribution is -2.24. The van der Waals surface area contributed by atoms with Crippen molar-refractivity contribution >= 4 is 45.6 Å². The highest BCUT2D eigenvalue weighted by atomic mass is 127. The average Bonchev–Trinajstić information content (AvgIpc) is 2.56. The Bertz CT molecular complexity index is 745. The molecule has 0 amide bonds. The number of nitrogens with one attached hydrogen (secondary N) is 1. The van der Waals surface area contributed by atoms with Crippen LogP contribution in [-0.4, -0.2) is 44.2 Å². The molecule has 0 aromatic heterocycles. The van der Waals surface area contributed by atoms with E-state index in [0.717, 1.165) is 28.8 Å². The van der Waals surface area contributed by atoms with Crippen LogP contribution in [0.25, 0.3) is 0 Å². The predicted molar refractivity (Wildman–Crippen MR) is 116 cm³/mol. The Morgan fingerprint density at radius 3 is 2.58 bits per heavy atom. The van der Waals surface area contributed by atoms with E-state index >= 15 is 0 Å². The van der Waals surface area contributed by atoms with Crippen LogP contribution in [-0.2, 0) is 0 Å². The first kappa shape index (κ1) is 21.2. The Hall–Kier alpha value is -1.09. The van der Waals surface area contributed by atoms with Gasteiger partial charge >= 0.3 is 0 Å². The molecule has 2 aromatic rings. The van der Waals surface area contributed by atoms with Gasteiger partial charge in [0.05, 0.1) is 11.4 Å². The third kappa shape index (κ3) is 5.97. The first-order valence-electron chi connectivity index (χ1n) is 8.33. The van der Waals surface area contributed by atoms with Crippen LogP contribution in [0.1, 0.15) is 18.2 Å². The Labute approximate surface area is 173 Å². The fourth-order valence-electron chi connectivity index (χ4n) is 2.65. The van der Waals surface area contributed by atoms with E-state index in [-0.39, 0.29) is 5.56 Å². The van der Waals surface area contributed by atoms with Gasteiger partial charge in [-0.1, -0.05) is 11.6 Å². The molecule has 0 aliphatic carbocycles. The van der Waals surface area contributed by atoms with Crippen molar-refractivity contribution in [2.24, 2.45) is 0 Å². The monoisotopic (exact) mass is 491 g/mol. The molecule has 2 N–H and O–H groups in total. The molecule has 26 heavy (non-hydrogen) atoms. The van der Waals surface area contributed by atoms with Gasteiger partial charge in [-0.05, 0) is 86.0 Å². The lowest BCUT2D eigenvalue weighted by Gasteiger charge is -2.25. The van der Waals surface area contributed by atoms with E-state index in [1.54, 1.807) is 18.2 Å². The molecule has 2 aromatic carbocycles. The van der Waals surface area contributed by atoms with E-state index in [2.05, 4.69) is 37.7 Å². The first-order valence-corrected chi connectivity index (χ1v) is 9.78. The van der Waals surface area contributed by atoms with Crippen molar-refractivity contribution in [1.29, 1.82) is 0 Å². The second kappa shape index (κ2) is 9.73. The van der Waals surface area contributed by atoms with Gasteiger partial charge in [-0.3, -0.25) is 0 Å². The summed E-state index contributed by atoms with van der Waals surface area (Å²) in [5.74, 6) is -0.451. The van der Waals surface area contributed by atoms with E-state index in [9.17, 15) is 9.50 Å². The van der Waals surface area contributed by atoms with E-state index in [0.29, 0.717) is 10.7 Å². The van der Waals surface area contributed by atoms with Crippen molar-refractivity contribution in [2.45, 2.75) is 12.6 Å². The lowest BCUT2D eigenvalue weighted by molar-refractivity contribution is 0.203. The predicted octanol–water partition coefficient (Wildman–Crippen LogP) is 4.57. The minimum absolute atomic E-state index is 0.207. The number of anilines is 2. The van der Waals surface area contributed by atoms with Crippen molar-refractivity contribution in [3.05, 3.63) is 56.4 Å². The van der Waals surface area contributed by atoms with Crippen LogP contribution in [0.5, 0.6) is 0 Å². The van der Waals surface area contributed by atoms with Crippen LogP contribution in [0.4, 0.5) is 15.8 Å². The van der Waals surface area contributed by atoms with Gasteiger partial charge < -0.3 is 20.2 Å². The Balaban J connectivity index is 2.20. The number of hydrogen-bond donors (Lipinski definition) is 2. The van der Waals surface area contributed by atoms with Gasteiger partial charge in [0.2, 0.25) is 0 Å². The van der Waals surface area contributed by atoms with E-state index in [4.69, 9.17) is 11.6 Å². The molecular weight excluding hydrogens is 468 g/mol. The van der Waals surface area contributed by atoms with Crippen molar-refractivity contribution in [1.82, 2.24) is 4.90 Å². The summed E-state index contributed by atoms with van der Waals surface area (Å²) in [4.78, 5) is 4.23. The van der Waals surface area contributed by atoms with Gasteiger partial charge in [0.1, 0.15) is 5.82 Å². The van der Waals surface area contributed by atoms with Gasteiger partial charge in [-0.2, -0.15) is 0 Å². The number of halogens is 3. The summed E-state index contributed by atoms with van der Waals surface area (Å²) >= 11 is 8.22. The highest BCUT2D eigenvalue weighted by molar-refractivity contribution is 14.1. The lowest BCUT2D eigenvalue weighted by atomic mass is 10.1. The van der Waals surface area contributed by atoms with Crippen LogP contribution < -0.4 is 10.2 Å². The zero-order valence-electron chi connectivity index (χ0n) is 15.1. The third-order valence-electron chi connectivity index (χ3n) is 4.01. The molecular formula is C19H24ClFIN3O. The number of aliphatic hydroxyl groups excluding tert-OH is 1. The molecule has 0 aliphatic heterocycles. The molecule has 0 saturated heterocycles. The molecule has 0 aliphatic rings. The van der Waals surface area contributed by atoms with Crippen molar-refractivity contribution < 1.29 is 9.50 Å². The summed E-state index contributed by atoms with van der Waals surface area (Å²) in [5.41, 5.74) is 1.77. The number of rotatable bonds is 8. The standard InChI is InChI=1S/C19H24ClFIN3O/c1-24(2)9-4-10-25(3)18-8-5-13(20)11-17(18)23-19(26)15-12-14(22)6-7-16(15)21/h5-8,11-12,19,23,26H,4,9-10H2,1-3H3. The number of hydrogen-bond acceptors (Lipinski definition) is 4. The summed E-state index contributed by atoms with van der Waals surface area (Å²) in [6.45, 7) is 1.83. The zero-order chi connectivity index (χ0) is 19.3. The molecule has 1 unspecified atom stereocenters. The van der Waals surface area contributed by atoms with Gasteiger partial charge in [0, 0.05) is 27.7 Å². The van der Waals surface area contributed by atoms with Crippen LogP contribution in [0.15, 0.2) is 36.4 Å². The quantitative estimate of drug-likeness (QED) is 0.419. The van der Waals surface area contributed by atoms with E-state index in [1.165, 1.54) is 6.07 Å². The number of aliphatic hydroxyl groups is 1. The second-order valence-corrected chi connectivity index (χ2v) is 8.13. The van der Waals surface area contributed by atoms with E-state index < -0.39 is 12.0 Å². The molecule has 0 heterocycles. The van der Waals surface area contributed by atoms with Gasteiger partial charge in [0.25, 0.3) is 0 Å². The second-order valence-electron chi connectivity index (χ2n) is 6.45. The topological polar surface area (TPSA) is 38.7 Å². The Kier molecular flexibility index (Phi) is 7.94. The zero-order valence-corrected chi connectivity index (χ0v) is 18.1. The Morgan fingerprint density at radius 2 is 1.88 bits per heavy atom. The third-order valence-corrected chi connectivity index (χ3v) is 4.92. The van der Waals surface area contributed by atoms with Crippen molar-refractivity contribution in [3.8, 4) is 0 Å². The number of nitrogens with zero attached hydrogens (tertiary/aromatic N) is 2. The summed E-state index contributed by atoms with van der Waals surface area (Å²) in [5, 5.41) is 14.0. The summed E-state index contributed by atoms with van der Waals surface area (Å²) < 4.78 is 14.9. The molecule has 4 nitrogen and oxygen atoms in total. The van der Waals surface area contributed by atoms with Gasteiger partial charge in [-0.25, -0.2) is 4.39 Å². The average molecular weight is 492 g/mol. The summed E-state index contributed by atoms with van der Waals surface area (Å²) in [7, 11) is 6.07.